The largest absolute Gasteiger partial charge is 0.504 e. The van der Waals surface area contributed by atoms with Crippen molar-refractivity contribution in [2.24, 2.45) is 0 Å². The van der Waals surface area contributed by atoms with Crippen LogP contribution in [0.1, 0.15) is 6.92 Å². The number of benzene rings is 2. The van der Waals surface area contributed by atoms with Gasteiger partial charge in [-0.3, -0.25) is 4.79 Å². The van der Waals surface area contributed by atoms with Gasteiger partial charge in [-0.25, -0.2) is 0 Å². The lowest BCUT2D eigenvalue weighted by Crippen LogP contribution is -2.64. The van der Waals surface area contributed by atoms with Gasteiger partial charge in [-0.05, 0) is 31.2 Å². The van der Waals surface area contributed by atoms with Gasteiger partial charge >= 0.3 is 0 Å². The van der Waals surface area contributed by atoms with Crippen molar-refractivity contribution in [2.45, 2.75) is 68.3 Å². The summed E-state index contributed by atoms with van der Waals surface area (Å²) in [7, 11) is 1.23. The van der Waals surface area contributed by atoms with Crippen molar-refractivity contribution in [3.8, 4) is 34.3 Å². The molecule has 234 valence electrons. The van der Waals surface area contributed by atoms with E-state index in [1.165, 1.54) is 38.3 Å². The molecule has 1 aromatic heterocycles. The average Bonchev–Trinajstić information content (AvgIpc) is 2.98. The monoisotopic (exact) mass is 608 g/mol. The summed E-state index contributed by atoms with van der Waals surface area (Å²) >= 11 is 0. The van der Waals surface area contributed by atoms with Gasteiger partial charge in [0.25, 0.3) is 0 Å². The summed E-state index contributed by atoms with van der Waals surface area (Å²) in [5.41, 5.74) is -0.275. The highest BCUT2D eigenvalue weighted by atomic mass is 16.8. The average molecular weight is 609 g/mol. The van der Waals surface area contributed by atoms with Crippen molar-refractivity contribution >= 4 is 11.0 Å². The molecular weight excluding hydrogens is 576 g/mol. The molecule has 15 heteroatoms. The molecule has 0 unspecified atom stereocenters. The molecule has 5 rings (SSSR count). The van der Waals surface area contributed by atoms with Gasteiger partial charge in [0.15, 0.2) is 29.3 Å². The number of hydrogen-bond acceptors (Lipinski definition) is 15. The van der Waals surface area contributed by atoms with Gasteiger partial charge in [-0.15, -0.1) is 0 Å². The number of hydrogen-bond donors (Lipinski definition) is 8. The number of fused-ring (bicyclic) bond motifs is 1. The van der Waals surface area contributed by atoms with Crippen molar-refractivity contribution < 1.29 is 69.0 Å². The topological polar surface area (TPSA) is 238 Å². The normalized spacial score (nSPS) is 32.9. The van der Waals surface area contributed by atoms with Crippen LogP contribution >= 0.6 is 0 Å². The molecule has 2 aliphatic heterocycles. The molecule has 15 nitrogen and oxygen atoms in total. The van der Waals surface area contributed by atoms with E-state index in [0.717, 1.165) is 12.1 Å². The predicted molar refractivity (Wildman–Crippen MR) is 143 cm³/mol. The van der Waals surface area contributed by atoms with Gasteiger partial charge in [0, 0.05) is 17.7 Å². The van der Waals surface area contributed by atoms with E-state index in [2.05, 4.69) is 0 Å². The summed E-state index contributed by atoms with van der Waals surface area (Å²) in [6.07, 6.45) is -14.8. The molecule has 0 aliphatic carbocycles. The zero-order valence-electron chi connectivity index (χ0n) is 22.9. The lowest BCUT2D eigenvalue weighted by molar-refractivity contribution is -0.354. The Kier molecular flexibility index (Phi) is 8.80. The van der Waals surface area contributed by atoms with Gasteiger partial charge in [0.05, 0.1) is 19.8 Å². The van der Waals surface area contributed by atoms with Crippen molar-refractivity contribution in [3.63, 3.8) is 0 Å². The third kappa shape index (κ3) is 5.74. The zero-order valence-corrected chi connectivity index (χ0v) is 22.9. The van der Waals surface area contributed by atoms with E-state index >= 15 is 0 Å². The molecule has 8 N–H and O–H groups in total. The minimum absolute atomic E-state index is 0.0871. The lowest BCUT2D eigenvalue weighted by Gasteiger charge is -2.45. The molecule has 0 bridgehead atoms. The Morgan fingerprint density at radius 2 is 1.56 bits per heavy atom. The first-order valence-electron chi connectivity index (χ1n) is 13.3. The van der Waals surface area contributed by atoms with Gasteiger partial charge in [0.1, 0.15) is 59.1 Å². The predicted octanol–water partition coefficient (Wildman–Crippen LogP) is -1.09. The van der Waals surface area contributed by atoms with Crippen LogP contribution < -0.4 is 14.9 Å². The standard InChI is InChI=1S/C28H32O15/c1-10-19(32)22(35)24(37)27(39-10)43-26-23(36)20(33)17(9-29)42-28(26)40-12-5-3-11(4-6-12)15-7-13(30)18-16(41-15)8-14(31)25(38-2)21(18)34/h3-8,10,17,19-20,22-24,26-29,31-37H,9H2,1-2H3/t10-,17+,19-,20+,22+,23-,24+,26+,27-,28+/m1/s1. The second-order valence-electron chi connectivity index (χ2n) is 10.3. The van der Waals surface area contributed by atoms with Gasteiger partial charge in [-0.2, -0.15) is 0 Å². The summed E-state index contributed by atoms with van der Waals surface area (Å²) in [6, 6.07) is 8.24. The molecular formula is C28H32O15. The number of methoxy groups -OCH3 is 1. The van der Waals surface area contributed by atoms with E-state index in [9.17, 15) is 45.6 Å². The minimum atomic E-state index is -1.72. The molecule has 0 saturated carbocycles. The first kappa shape index (κ1) is 30.9. The third-order valence-electron chi connectivity index (χ3n) is 7.45. The van der Waals surface area contributed by atoms with Crippen molar-refractivity contribution in [2.75, 3.05) is 13.7 Å². The van der Waals surface area contributed by atoms with Crippen LogP contribution in [0.4, 0.5) is 0 Å². The Morgan fingerprint density at radius 1 is 0.860 bits per heavy atom. The summed E-state index contributed by atoms with van der Waals surface area (Å²) in [4.78, 5) is 12.8. The molecule has 0 spiro atoms. The number of aromatic hydroxyl groups is 2. The molecule has 0 amide bonds. The van der Waals surface area contributed by atoms with Crippen LogP contribution in [0.5, 0.6) is 23.0 Å². The quantitative estimate of drug-likeness (QED) is 0.159. The van der Waals surface area contributed by atoms with Crippen LogP contribution in [-0.4, -0.2) is 116 Å². The summed E-state index contributed by atoms with van der Waals surface area (Å²) in [5, 5.41) is 81.6. The van der Waals surface area contributed by atoms with E-state index in [0.29, 0.717) is 5.56 Å². The molecule has 2 aliphatic rings. The summed E-state index contributed by atoms with van der Waals surface area (Å²) in [6.45, 7) is 0.766. The Morgan fingerprint density at radius 3 is 2.21 bits per heavy atom. The number of ether oxygens (including phenoxy) is 5. The molecule has 0 radical (unpaired) electrons. The number of aliphatic hydroxyl groups is 6. The van der Waals surface area contributed by atoms with Crippen molar-refractivity contribution in [1.29, 1.82) is 0 Å². The third-order valence-corrected chi connectivity index (χ3v) is 7.45. The Hall–Kier alpha value is -3.51. The van der Waals surface area contributed by atoms with Gasteiger partial charge < -0.3 is 69.0 Å². The first-order chi connectivity index (χ1) is 20.4. The second-order valence-corrected chi connectivity index (χ2v) is 10.3. The molecule has 3 aromatic rings. The molecule has 43 heavy (non-hydrogen) atoms. The molecule has 3 heterocycles. The highest BCUT2D eigenvalue weighted by Crippen LogP contribution is 2.41. The zero-order chi connectivity index (χ0) is 31.2. The van der Waals surface area contributed by atoms with Crippen LogP contribution in [0.2, 0.25) is 0 Å². The van der Waals surface area contributed by atoms with Crippen LogP contribution in [0.25, 0.3) is 22.3 Å². The van der Waals surface area contributed by atoms with Crippen LogP contribution in [0, 0.1) is 0 Å². The highest BCUT2D eigenvalue weighted by molar-refractivity contribution is 5.89. The van der Waals surface area contributed by atoms with Gasteiger partial charge in [0.2, 0.25) is 12.0 Å². The van der Waals surface area contributed by atoms with E-state index in [4.69, 9.17) is 28.1 Å². The van der Waals surface area contributed by atoms with E-state index < -0.39 is 84.9 Å². The fourth-order valence-corrected chi connectivity index (χ4v) is 5.02. The van der Waals surface area contributed by atoms with E-state index in [1.807, 2.05) is 0 Å². The van der Waals surface area contributed by atoms with Crippen LogP contribution in [-0.2, 0) is 14.2 Å². The first-order valence-corrected chi connectivity index (χ1v) is 13.3. The van der Waals surface area contributed by atoms with Crippen molar-refractivity contribution in [3.05, 3.63) is 46.6 Å². The Labute approximate surface area is 243 Å². The van der Waals surface area contributed by atoms with E-state index in [1.54, 1.807) is 0 Å². The Balaban J connectivity index is 1.39. The fourth-order valence-electron chi connectivity index (χ4n) is 5.02. The maximum absolute atomic E-state index is 12.8. The molecule has 2 aromatic carbocycles. The highest BCUT2D eigenvalue weighted by Gasteiger charge is 2.50. The maximum Gasteiger partial charge on any atom is 0.229 e. The summed E-state index contributed by atoms with van der Waals surface area (Å²) < 4.78 is 33.3. The van der Waals surface area contributed by atoms with Crippen LogP contribution in [0.15, 0.2) is 45.6 Å². The van der Waals surface area contributed by atoms with Crippen molar-refractivity contribution in [1.82, 2.24) is 0 Å². The molecule has 2 fully saturated rings. The smallest absolute Gasteiger partial charge is 0.229 e. The van der Waals surface area contributed by atoms with Crippen LogP contribution in [0.3, 0.4) is 0 Å². The Bertz CT molecular complexity index is 1490. The maximum atomic E-state index is 12.8. The number of phenolic OH excluding ortho intramolecular Hbond substituents is 2. The number of aliphatic hydroxyl groups excluding tert-OH is 6. The van der Waals surface area contributed by atoms with E-state index in [-0.39, 0.29) is 28.2 Å². The molecule has 10 atom stereocenters. The number of rotatable bonds is 7. The number of phenols is 2. The lowest BCUT2D eigenvalue weighted by atomic mass is 9.97. The van der Waals surface area contributed by atoms with Gasteiger partial charge in [-0.1, -0.05) is 0 Å². The summed E-state index contributed by atoms with van der Waals surface area (Å²) in [5.74, 6) is -1.01. The molecule has 2 saturated heterocycles. The fraction of sp³-hybridized carbons (Fsp3) is 0.464. The second kappa shape index (κ2) is 12.2. The minimum Gasteiger partial charge on any atom is -0.504 e. The SMILES string of the molecule is COc1c(O)cc2oc(-c3ccc(O[C@H]4O[C@@H](CO)[C@H](O)[C@@H](O)[C@@H]4O[C@H]4O[C@H](C)[C@@H](O)[C@H](O)[C@@H]4O)cc3)cc(=O)c2c1O.